The highest BCUT2D eigenvalue weighted by Gasteiger charge is 2.57. The van der Waals surface area contributed by atoms with Crippen LogP contribution in [-0.2, 0) is 19.9 Å². The zero-order valence-corrected chi connectivity index (χ0v) is 22.7. The molecule has 38 heavy (non-hydrogen) atoms. The summed E-state index contributed by atoms with van der Waals surface area (Å²) in [4.78, 5) is 26.1. The first-order valence-corrected chi connectivity index (χ1v) is 13.9. The molecule has 1 aliphatic heterocycles. The quantitative estimate of drug-likeness (QED) is 0.359. The molecule has 0 bridgehead atoms. The minimum atomic E-state index is -0.965. The number of carbonyl (C=O) groups excluding carboxylic acids is 1. The summed E-state index contributed by atoms with van der Waals surface area (Å²) in [7, 11) is 0. The zero-order valence-electron chi connectivity index (χ0n) is 21.1. The number of rotatable bonds is 6. The minimum Gasteiger partial charge on any atom is -0.480 e. The van der Waals surface area contributed by atoms with Gasteiger partial charge in [-0.2, -0.15) is 0 Å². The predicted molar refractivity (Wildman–Crippen MR) is 147 cm³/mol. The zero-order chi connectivity index (χ0) is 26.3. The van der Waals surface area contributed by atoms with Gasteiger partial charge in [0.25, 0.3) is 0 Å². The first-order chi connectivity index (χ1) is 18.4. The van der Waals surface area contributed by atoms with Crippen LogP contribution < -0.4 is 0 Å². The third kappa shape index (κ3) is 4.52. The van der Waals surface area contributed by atoms with Crippen molar-refractivity contribution in [3.8, 4) is 11.1 Å². The average Bonchev–Trinajstić information content (AvgIpc) is 3.23. The second-order valence-corrected chi connectivity index (χ2v) is 11.7. The van der Waals surface area contributed by atoms with E-state index in [-0.39, 0.29) is 24.0 Å². The predicted octanol–water partition coefficient (Wildman–Crippen LogP) is 6.57. The normalized spacial score (nSPS) is 18.9. The van der Waals surface area contributed by atoms with Crippen LogP contribution in [0, 0.1) is 5.41 Å². The number of halogens is 1. The molecular weight excluding hydrogens is 546 g/mol. The number of ether oxygens (including phenoxy) is 2. The lowest BCUT2D eigenvalue weighted by atomic mass is 9.53. The fraction of sp³-hybridized carbons (Fsp3) is 0.355. The Morgan fingerprint density at radius 1 is 0.895 bits per heavy atom. The summed E-state index contributed by atoms with van der Waals surface area (Å²) in [5.74, 6) is -0.917. The van der Waals surface area contributed by atoms with Gasteiger partial charge in [0, 0.05) is 23.5 Å². The number of piperidine rings is 1. The molecule has 0 unspecified atom stereocenters. The van der Waals surface area contributed by atoms with Gasteiger partial charge in [-0.3, -0.25) is 0 Å². The molecule has 1 heterocycles. The van der Waals surface area contributed by atoms with Crippen molar-refractivity contribution in [2.75, 3.05) is 26.3 Å². The van der Waals surface area contributed by atoms with E-state index in [2.05, 4.69) is 40.2 Å². The van der Waals surface area contributed by atoms with Crippen molar-refractivity contribution in [2.45, 2.75) is 37.2 Å². The average molecular weight is 576 g/mol. The summed E-state index contributed by atoms with van der Waals surface area (Å²) in [5, 5.41) is 9.23. The molecule has 3 aliphatic rings. The second-order valence-electron chi connectivity index (χ2n) is 10.8. The Labute approximate surface area is 230 Å². The van der Waals surface area contributed by atoms with Crippen molar-refractivity contribution >= 4 is 28.0 Å². The second kappa shape index (κ2) is 9.86. The third-order valence-electron chi connectivity index (χ3n) is 8.58. The number of fused-ring (bicyclic) bond motifs is 3. The molecule has 1 saturated heterocycles. The highest BCUT2D eigenvalue weighted by atomic mass is 79.9. The number of carboxylic acids is 1. The van der Waals surface area contributed by atoms with Crippen molar-refractivity contribution in [3.63, 3.8) is 0 Å². The van der Waals surface area contributed by atoms with Crippen molar-refractivity contribution < 1.29 is 24.2 Å². The Hall–Kier alpha value is -3.16. The maximum absolute atomic E-state index is 13.1. The van der Waals surface area contributed by atoms with Gasteiger partial charge >= 0.3 is 12.1 Å². The number of benzene rings is 3. The molecule has 0 atom stereocenters. The van der Waals surface area contributed by atoms with Gasteiger partial charge in [-0.1, -0.05) is 76.6 Å². The minimum absolute atomic E-state index is 0.0473. The van der Waals surface area contributed by atoms with E-state index in [9.17, 15) is 14.7 Å². The van der Waals surface area contributed by atoms with Crippen molar-refractivity contribution in [3.05, 3.63) is 94.0 Å². The first kappa shape index (κ1) is 25.1. The van der Waals surface area contributed by atoms with Crippen LogP contribution in [0.15, 0.2) is 77.3 Å². The van der Waals surface area contributed by atoms with Gasteiger partial charge in [0.15, 0.2) is 0 Å². The number of hydrogen-bond donors (Lipinski definition) is 1. The summed E-state index contributed by atoms with van der Waals surface area (Å²) in [6.07, 6.45) is 2.96. The molecule has 0 radical (unpaired) electrons. The van der Waals surface area contributed by atoms with Gasteiger partial charge in [-0.25, -0.2) is 9.59 Å². The van der Waals surface area contributed by atoms with E-state index in [0.717, 1.165) is 35.7 Å². The lowest BCUT2D eigenvalue weighted by Gasteiger charge is -2.58. The van der Waals surface area contributed by atoms with Gasteiger partial charge < -0.3 is 19.5 Å². The summed E-state index contributed by atoms with van der Waals surface area (Å²) in [6, 6.07) is 24.6. The summed E-state index contributed by atoms with van der Waals surface area (Å²) >= 11 is 3.47. The maximum Gasteiger partial charge on any atom is 0.409 e. The molecule has 2 fully saturated rings. The molecule has 1 spiro atoms. The van der Waals surface area contributed by atoms with Gasteiger partial charge in [-0.15, -0.1) is 0 Å². The highest BCUT2D eigenvalue weighted by Crippen LogP contribution is 2.61. The van der Waals surface area contributed by atoms with E-state index in [0.29, 0.717) is 19.7 Å². The number of likely N-dealkylation sites (tertiary alicyclic amines) is 1. The number of nitrogens with zero attached hydrogens (tertiary/aromatic N) is 1. The molecule has 1 amide bonds. The van der Waals surface area contributed by atoms with E-state index in [1.165, 1.54) is 22.3 Å². The van der Waals surface area contributed by atoms with Crippen LogP contribution in [0.4, 0.5) is 4.79 Å². The SMILES string of the molecule is O=C(O)COC1(c2ccc(Br)cc2)CC2(CCN(C(=O)OCC3c4ccccc4-c4ccccc43)CC2)C1. The number of carbonyl (C=O) groups is 2. The van der Waals surface area contributed by atoms with Crippen LogP contribution in [0.1, 0.15) is 48.3 Å². The Bertz CT molecular complexity index is 1310. The molecule has 6 rings (SSSR count). The molecule has 0 aromatic heterocycles. The van der Waals surface area contributed by atoms with Crippen LogP contribution in [0.25, 0.3) is 11.1 Å². The van der Waals surface area contributed by atoms with Gasteiger partial charge in [0.05, 0.1) is 5.60 Å². The molecule has 196 valence electrons. The van der Waals surface area contributed by atoms with Crippen LogP contribution in [0.2, 0.25) is 0 Å². The largest absolute Gasteiger partial charge is 0.480 e. The van der Waals surface area contributed by atoms with Crippen LogP contribution in [0.3, 0.4) is 0 Å². The van der Waals surface area contributed by atoms with Crippen LogP contribution in [0.5, 0.6) is 0 Å². The Balaban J connectivity index is 1.08. The monoisotopic (exact) mass is 575 g/mol. The summed E-state index contributed by atoms with van der Waals surface area (Å²) < 4.78 is 12.8. The molecule has 3 aromatic carbocycles. The molecule has 7 heteroatoms. The fourth-order valence-corrected chi connectivity index (χ4v) is 6.97. The Morgan fingerprint density at radius 3 is 2.05 bits per heavy atom. The Morgan fingerprint density at radius 2 is 1.47 bits per heavy atom. The first-order valence-electron chi connectivity index (χ1n) is 13.1. The number of hydrogen-bond acceptors (Lipinski definition) is 4. The topological polar surface area (TPSA) is 76.1 Å². The van der Waals surface area contributed by atoms with Gasteiger partial charge in [0.2, 0.25) is 0 Å². The Kier molecular flexibility index (Phi) is 6.52. The summed E-state index contributed by atoms with van der Waals surface area (Å²) in [5.41, 5.74) is 5.31. The molecule has 2 aliphatic carbocycles. The standard InChI is InChI=1S/C31H30BrNO5/c32-22-11-9-21(10-12-22)31(38-18-28(34)35)19-30(20-31)13-15-33(16-14-30)29(36)37-17-27-25-7-3-1-5-23(25)24-6-2-4-8-26(24)27/h1-12,27H,13-20H2,(H,34,35). The van der Waals surface area contributed by atoms with Crippen LogP contribution >= 0.6 is 15.9 Å². The van der Waals surface area contributed by atoms with Crippen molar-refractivity contribution in [1.29, 1.82) is 0 Å². The van der Waals surface area contributed by atoms with Crippen molar-refractivity contribution in [2.24, 2.45) is 5.41 Å². The fourth-order valence-electron chi connectivity index (χ4n) is 6.71. The van der Waals surface area contributed by atoms with Crippen molar-refractivity contribution in [1.82, 2.24) is 4.90 Å². The molecule has 3 aromatic rings. The number of amides is 1. The van der Waals surface area contributed by atoms with E-state index in [1.807, 2.05) is 53.4 Å². The van der Waals surface area contributed by atoms with E-state index < -0.39 is 11.6 Å². The van der Waals surface area contributed by atoms with E-state index in [1.54, 1.807) is 0 Å². The number of carboxylic acid groups (broad SMARTS) is 1. The van der Waals surface area contributed by atoms with Gasteiger partial charge in [0.1, 0.15) is 13.2 Å². The number of aliphatic carboxylic acids is 1. The van der Waals surface area contributed by atoms with Crippen LogP contribution in [-0.4, -0.2) is 48.4 Å². The van der Waals surface area contributed by atoms with E-state index >= 15 is 0 Å². The lowest BCUT2D eigenvalue weighted by molar-refractivity contribution is -0.198. The molecule has 1 N–H and O–H groups in total. The highest BCUT2D eigenvalue weighted by molar-refractivity contribution is 9.10. The molecule has 6 nitrogen and oxygen atoms in total. The molecule has 1 saturated carbocycles. The van der Waals surface area contributed by atoms with E-state index in [4.69, 9.17) is 9.47 Å². The molecular formula is C31H30BrNO5. The lowest BCUT2D eigenvalue weighted by Crippen LogP contribution is -2.56. The smallest absolute Gasteiger partial charge is 0.409 e. The van der Waals surface area contributed by atoms with Gasteiger partial charge in [-0.05, 0) is 71.0 Å². The maximum atomic E-state index is 13.1. The third-order valence-corrected chi connectivity index (χ3v) is 9.11. The summed E-state index contributed by atoms with van der Waals surface area (Å²) in [6.45, 7) is 1.26.